The Kier molecular flexibility index (Phi) is 7.50. The van der Waals surface area contributed by atoms with Crippen LogP contribution in [-0.2, 0) is 10.0 Å². The fourth-order valence-corrected chi connectivity index (χ4v) is 3.66. The molecule has 0 bridgehead atoms. The summed E-state index contributed by atoms with van der Waals surface area (Å²) in [4.78, 5) is 12.3. The third kappa shape index (κ3) is 5.06. The number of nitrogens with two attached hydrogens (primary N) is 1. The number of amides is 1. The van der Waals surface area contributed by atoms with Crippen LogP contribution in [0, 0.1) is 0 Å². The van der Waals surface area contributed by atoms with E-state index in [0.29, 0.717) is 44.2 Å². The SMILES string of the molecule is Cl.NCCCNC(=O)c1ccccc1NS(=O)(=O)c1ccc2c(c1)OCCO2. The Labute approximate surface area is 169 Å². The van der Waals surface area contributed by atoms with Crippen LogP contribution in [0.5, 0.6) is 11.5 Å². The van der Waals surface area contributed by atoms with Crippen molar-refractivity contribution in [2.45, 2.75) is 11.3 Å². The average molecular weight is 428 g/mol. The number of fused-ring (bicyclic) bond motifs is 1. The highest BCUT2D eigenvalue weighted by atomic mass is 35.5. The average Bonchev–Trinajstić information content (AvgIpc) is 2.68. The minimum atomic E-state index is -3.91. The van der Waals surface area contributed by atoms with Gasteiger partial charge in [-0.2, -0.15) is 0 Å². The summed E-state index contributed by atoms with van der Waals surface area (Å²) < 4.78 is 38.8. The lowest BCUT2D eigenvalue weighted by molar-refractivity contribution is 0.0954. The number of ether oxygens (including phenoxy) is 2. The molecule has 1 heterocycles. The Morgan fingerprint density at radius 1 is 1.07 bits per heavy atom. The van der Waals surface area contributed by atoms with Gasteiger partial charge in [0.05, 0.1) is 16.1 Å². The van der Waals surface area contributed by atoms with Gasteiger partial charge in [-0.3, -0.25) is 9.52 Å². The van der Waals surface area contributed by atoms with Crippen LogP contribution in [0.4, 0.5) is 5.69 Å². The standard InChI is InChI=1S/C18H21N3O5S.ClH/c19-8-3-9-20-18(22)14-4-1-2-5-15(14)21-27(23,24)13-6-7-16-17(12-13)26-11-10-25-16;/h1-2,4-7,12,21H,3,8-11,19H2,(H,20,22);1H. The van der Waals surface area contributed by atoms with E-state index in [1.807, 2.05) is 0 Å². The van der Waals surface area contributed by atoms with Crippen molar-refractivity contribution >= 4 is 34.0 Å². The largest absolute Gasteiger partial charge is 0.486 e. The van der Waals surface area contributed by atoms with Gasteiger partial charge in [-0.15, -0.1) is 12.4 Å². The van der Waals surface area contributed by atoms with E-state index in [2.05, 4.69) is 10.0 Å². The first-order valence-electron chi connectivity index (χ1n) is 8.51. The number of nitrogens with one attached hydrogen (secondary N) is 2. The third-order valence-corrected chi connectivity index (χ3v) is 5.27. The fourth-order valence-electron chi connectivity index (χ4n) is 2.56. The highest BCUT2D eigenvalue weighted by Crippen LogP contribution is 2.33. The number of para-hydroxylation sites is 1. The van der Waals surface area contributed by atoms with E-state index in [0.717, 1.165) is 0 Å². The Morgan fingerprint density at radius 3 is 2.54 bits per heavy atom. The minimum absolute atomic E-state index is 0. The van der Waals surface area contributed by atoms with Gasteiger partial charge in [-0.25, -0.2) is 8.42 Å². The second kappa shape index (κ2) is 9.63. The van der Waals surface area contributed by atoms with Crippen molar-refractivity contribution in [3.8, 4) is 11.5 Å². The maximum Gasteiger partial charge on any atom is 0.262 e. The van der Waals surface area contributed by atoms with E-state index in [-0.39, 0.29) is 34.5 Å². The molecule has 0 saturated carbocycles. The molecule has 2 aromatic carbocycles. The summed E-state index contributed by atoms with van der Waals surface area (Å²) in [6.45, 7) is 1.65. The molecule has 10 heteroatoms. The molecule has 0 aromatic heterocycles. The molecule has 1 amide bonds. The second-order valence-electron chi connectivity index (χ2n) is 5.85. The number of rotatable bonds is 7. The van der Waals surface area contributed by atoms with Crippen LogP contribution in [0.25, 0.3) is 0 Å². The Morgan fingerprint density at radius 2 is 1.79 bits per heavy atom. The van der Waals surface area contributed by atoms with Crippen molar-refractivity contribution < 1.29 is 22.7 Å². The van der Waals surface area contributed by atoms with Gasteiger partial charge in [0.15, 0.2) is 11.5 Å². The molecule has 0 spiro atoms. The summed E-state index contributed by atoms with van der Waals surface area (Å²) in [7, 11) is -3.91. The molecule has 0 fully saturated rings. The lowest BCUT2D eigenvalue weighted by Gasteiger charge is -2.19. The summed E-state index contributed by atoms with van der Waals surface area (Å²) in [5, 5.41) is 2.72. The Balaban J connectivity index is 0.00000280. The molecule has 0 unspecified atom stereocenters. The first kappa shape index (κ1) is 21.8. The molecule has 8 nitrogen and oxygen atoms in total. The zero-order valence-corrected chi connectivity index (χ0v) is 16.6. The van der Waals surface area contributed by atoms with E-state index < -0.39 is 10.0 Å². The van der Waals surface area contributed by atoms with E-state index in [1.54, 1.807) is 24.3 Å². The summed E-state index contributed by atoms with van der Waals surface area (Å²) >= 11 is 0. The van der Waals surface area contributed by atoms with E-state index >= 15 is 0 Å². The van der Waals surface area contributed by atoms with Gasteiger partial charge in [0.25, 0.3) is 15.9 Å². The van der Waals surface area contributed by atoms with Crippen molar-refractivity contribution in [3.63, 3.8) is 0 Å². The van der Waals surface area contributed by atoms with Crippen LogP contribution in [0.15, 0.2) is 47.4 Å². The number of hydrogen-bond acceptors (Lipinski definition) is 6. The third-order valence-electron chi connectivity index (χ3n) is 3.91. The molecular formula is C18H22ClN3O5S. The van der Waals surface area contributed by atoms with Crippen molar-refractivity contribution in [1.29, 1.82) is 0 Å². The first-order chi connectivity index (χ1) is 13.0. The number of anilines is 1. The number of carbonyl (C=O) groups excluding carboxylic acids is 1. The van der Waals surface area contributed by atoms with Crippen LogP contribution in [0.1, 0.15) is 16.8 Å². The Bertz CT molecular complexity index is 937. The summed E-state index contributed by atoms with van der Waals surface area (Å²) in [6.07, 6.45) is 0.636. The van der Waals surface area contributed by atoms with Gasteiger partial charge < -0.3 is 20.5 Å². The quantitative estimate of drug-likeness (QED) is 0.579. The number of carbonyl (C=O) groups is 1. The zero-order chi connectivity index (χ0) is 19.3. The summed E-state index contributed by atoms with van der Waals surface area (Å²) in [5.74, 6) is 0.501. The van der Waals surface area contributed by atoms with Crippen LogP contribution in [0.3, 0.4) is 0 Å². The van der Waals surface area contributed by atoms with Gasteiger partial charge in [-0.05, 0) is 37.2 Å². The second-order valence-corrected chi connectivity index (χ2v) is 7.54. The van der Waals surface area contributed by atoms with E-state index in [1.165, 1.54) is 18.2 Å². The predicted octanol–water partition coefficient (Wildman–Crippen LogP) is 1.76. The monoisotopic (exact) mass is 427 g/mol. The van der Waals surface area contributed by atoms with Crippen molar-refractivity contribution in [2.75, 3.05) is 31.0 Å². The number of sulfonamides is 1. The number of benzene rings is 2. The normalized spacial score (nSPS) is 12.6. The van der Waals surface area contributed by atoms with Gasteiger partial charge in [0.1, 0.15) is 13.2 Å². The molecule has 152 valence electrons. The molecule has 2 aromatic rings. The molecule has 1 aliphatic rings. The smallest absolute Gasteiger partial charge is 0.262 e. The van der Waals surface area contributed by atoms with Crippen molar-refractivity contribution in [3.05, 3.63) is 48.0 Å². The molecule has 1 aliphatic heterocycles. The van der Waals surface area contributed by atoms with Crippen molar-refractivity contribution in [1.82, 2.24) is 5.32 Å². The zero-order valence-electron chi connectivity index (χ0n) is 15.0. The van der Waals surface area contributed by atoms with Crippen LogP contribution in [-0.4, -0.2) is 40.6 Å². The number of hydrogen-bond donors (Lipinski definition) is 3. The topological polar surface area (TPSA) is 120 Å². The Hall–Kier alpha value is -2.49. The molecule has 0 atom stereocenters. The summed E-state index contributed by atoms with van der Waals surface area (Å²) in [5.41, 5.74) is 5.84. The highest BCUT2D eigenvalue weighted by Gasteiger charge is 2.21. The fraction of sp³-hybridized carbons (Fsp3) is 0.278. The van der Waals surface area contributed by atoms with E-state index in [4.69, 9.17) is 15.2 Å². The molecule has 4 N–H and O–H groups in total. The van der Waals surface area contributed by atoms with Crippen LogP contribution in [0.2, 0.25) is 0 Å². The molecule has 0 aliphatic carbocycles. The first-order valence-corrected chi connectivity index (χ1v) is 9.99. The molecule has 3 rings (SSSR count). The van der Waals surface area contributed by atoms with Gasteiger partial charge in [-0.1, -0.05) is 12.1 Å². The lowest BCUT2D eigenvalue weighted by Crippen LogP contribution is -2.27. The van der Waals surface area contributed by atoms with Gasteiger partial charge >= 0.3 is 0 Å². The van der Waals surface area contributed by atoms with E-state index in [9.17, 15) is 13.2 Å². The number of halogens is 1. The minimum Gasteiger partial charge on any atom is -0.486 e. The van der Waals surface area contributed by atoms with Crippen molar-refractivity contribution in [2.24, 2.45) is 5.73 Å². The van der Waals surface area contributed by atoms with Gasteiger partial charge in [0.2, 0.25) is 0 Å². The molecule has 28 heavy (non-hydrogen) atoms. The maximum atomic E-state index is 12.8. The molecular weight excluding hydrogens is 406 g/mol. The van der Waals surface area contributed by atoms with Crippen LogP contribution >= 0.6 is 12.4 Å². The molecule has 0 radical (unpaired) electrons. The summed E-state index contributed by atoms with van der Waals surface area (Å²) in [6, 6.07) is 10.8. The lowest BCUT2D eigenvalue weighted by atomic mass is 10.1. The van der Waals surface area contributed by atoms with Crippen LogP contribution < -0.4 is 25.2 Å². The highest BCUT2D eigenvalue weighted by molar-refractivity contribution is 7.92. The predicted molar refractivity (Wildman–Crippen MR) is 108 cm³/mol. The molecule has 0 saturated heterocycles. The maximum absolute atomic E-state index is 12.8. The van der Waals surface area contributed by atoms with Gasteiger partial charge in [0, 0.05) is 12.6 Å².